The molecule has 8 N–H and O–H groups in total. The minimum Gasteiger partial charge on any atom is -0.395 e. The fourth-order valence-corrected chi connectivity index (χ4v) is 0.108. The van der Waals surface area contributed by atoms with E-state index in [1.165, 1.54) is 0 Å². The zero-order valence-corrected chi connectivity index (χ0v) is 7.85. The van der Waals surface area contributed by atoms with Gasteiger partial charge < -0.3 is 31.9 Å². The molecule has 0 saturated carbocycles. The third-order valence-corrected chi connectivity index (χ3v) is 1.19. The molecule has 0 aliphatic rings. The van der Waals surface area contributed by atoms with Crippen LogP contribution >= 0.6 is 0 Å². The van der Waals surface area contributed by atoms with Crippen molar-refractivity contribution < 1.29 is 20.4 Å². The van der Waals surface area contributed by atoms with Gasteiger partial charge in [-0.25, -0.2) is 0 Å². The second kappa shape index (κ2) is 8.36. The Morgan fingerprint density at radius 2 is 1.38 bits per heavy atom. The average Bonchev–Trinajstić information content (AvgIpc) is 2.17. The normalized spacial score (nSPS) is 11.1. The van der Waals surface area contributed by atoms with Crippen molar-refractivity contribution in [3.63, 3.8) is 0 Å². The lowest BCUT2D eigenvalue weighted by molar-refractivity contribution is 0.134. The summed E-state index contributed by atoms with van der Waals surface area (Å²) in [7, 11) is 0. The Labute approximate surface area is 77.8 Å². The molecule has 13 heavy (non-hydrogen) atoms. The van der Waals surface area contributed by atoms with E-state index in [9.17, 15) is 0 Å². The van der Waals surface area contributed by atoms with Crippen molar-refractivity contribution in [3.8, 4) is 0 Å². The molecule has 0 aliphatic carbocycles. The summed E-state index contributed by atoms with van der Waals surface area (Å²) in [6.45, 7) is 0.937. The van der Waals surface area contributed by atoms with E-state index in [1.807, 2.05) is 0 Å². The molecule has 0 heterocycles. The molecule has 0 bridgehead atoms. The van der Waals surface area contributed by atoms with Gasteiger partial charge >= 0.3 is 0 Å². The Balaban J connectivity index is 0. The highest BCUT2D eigenvalue weighted by molar-refractivity contribution is 4.74. The molecule has 6 heteroatoms. The number of hydrogen-bond donors (Lipinski definition) is 6. The minimum absolute atomic E-state index is 0.142. The molecule has 0 aliphatic heterocycles. The van der Waals surface area contributed by atoms with Crippen molar-refractivity contribution in [2.45, 2.75) is 18.5 Å². The molecule has 0 saturated heterocycles. The van der Waals surface area contributed by atoms with Gasteiger partial charge in [0, 0.05) is 0 Å². The van der Waals surface area contributed by atoms with Crippen molar-refractivity contribution >= 4 is 0 Å². The van der Waals surface area contributed by atoms with Crippen molar-refractivity contribution in [1.29, 1.82) is 0 Å². The molecular weight excluding hydrogens is 176 g/mol. The van der Waals surface area contributed by atoms with Crippen LogP contribution in [0.5, 0.6) is 0 Å². The molecule has 0 aromatic carbocycles. The third kappa shape index (κ3) is 11.8. The molecule has 0 unspecified atom stereocenters. The first kappa shape index (κ1) is 15.2. The van der Waals surface area contributed by atoms with Crippen LogP contribution in [0.4, 0.5) is 0 Å². The molecule has 0 radical (unpaired) electrons. The Bertz CT molecular complexity index is 101. The number of nitrogens with two attached hydrogens (primary N) is 2. The maximum Gasteiger partial charge on any atom is 0.0631 e. The molecule has 0 aromatic rings. The summed E-state index contributed by atoms with van der Waals surface area (Å²) in [5.41, 5.74) is 9.38. The van der Waals surface area contributed by atoms with Gasteiger partial charge in [0.2, 0.25) is 0 Å². The van der Waals surface area contributed by atoms with Crippen LogP contribution in [0.1, 0.15) is 6.92 Å². The summed E-state index contributed by atoms with van der Waals surface area (Å²) in [6, 6.07) is -0.454. The number of aliphatic hydroxyl groups is 4. The van der Waals surface area contributed by atoms with E-state index in [0.29, 0.717) is 0 Å². The monoisotopic (exact) mass is 196 g/mol. The summed E-state index contributed by atoms with van der Waals surface area (Å²) in [5, 5.41) is 32.7. The van der Waals surface area contributed by atoms with Crippen molar-refractivity contribution in [2.24, 2.45) is 11.5 Å². The van der Waals surface area contributed by atoms with E-state index in [4.69, 9.17) is 31.9 Å². The van der Waals surface area contributed by atoms with Gasteiger partial charge in [0.05, 0.1) is 38.0 Å². The van der Waals surface area contributed by atoms with Gasteiger partial charge in [-0.15, -0.1) is 0 Å². The van der Waals surface area contributed by atoms with E-state index in [2.05, 4.69) is 0 Å². The average molecular weight is 196 g/mol. The molecular formula is C7H20N2O4. The summed E-state index contributed by atoms with van der Waals surface area (Å²) in [5.74, 6) is 0. The molecule has 6 nitrogen and oxygen atoms in total. The first-order valence-electron chi connectivity index (χ1n) is 3.91. The van der Waals surface area contributed by atoms with Crippen molar-refractivity contribution in [1.82, 2.24) is 0 Å². The number of aliphatic hydroxyl groups excluding tert-OH is 4. The highest BCUT2D eigenvalue weighted by Gasteiger charge is 2.13. The first-order valence-corrected chi connectivity index (χ1v) is 3.91. The third-order valence-electron chi connectivity index (χ3n) is 1.19. The Morgan fingerprint density at radius 3 is 1.38 bits per heavy atom. The lowest BCUT2D eigenvalue weighted by atomic mass is 10.1. The fraction of sp³-hybridized carbons (Fsp3) is 1.00. The standard InChI is InChI=1S/C4H11NO2.C3H9NO2/c1-4(5,2-6)3-7;4-3(1-5)2-6/h6-7H,2-3,5H2,1H3;3,5-6H,1-2,4H2. The maximum atomic E-state index is 8.31. The second-order valence-corrected chi connectivity index (χ2v) is 3.10. The van der Waals surface area contributed by atoms with Crippen LogP contribution in [0.25, 0.3) is 0 Å². The van der Waals surface area contributed by atoms with Crippen molar-refractivity contribution in [2.75, 3.05) is 26.4 Å². The largest absolute Gasteiger partial charge is 0.395 e. The van der Waals surface area contributed by atoms with Crippen LogP contribution in [0.3, 0.4) is 0 Å². The van der Waals surface area contributed by atoms with Gasteiger partial charge in [0.1, 0.15) is 0 Å². The Morgan fingerprint density at radius 1 is 1.08 bits per heavy atom. The summed E-state index contributed by atoms with van der Waals surface area (Å²) >= 11 is 0. The predicted molar refractivity (Wildman–Crippen MR) is 48.9 cm³/mol. The maximum absolute atomic E-state index is 8.31. The van der Waals surface area contributed by atoms with E-state index < -0.39 is 11.6 Å². The molecule has 0 atom stereocenters. The van der Waals surface area contributed by atoms with Gasteiger partial charge in [-0.3, -0.25) is 0 Å². The van der Waals surface area contributed by atoms with E-state index in [0.717, 1.165) is 0 Å². The zero-order valence-electron chi connectivity index (χ0n) is 7.85. The number of rotatable bonds is 4. The predicted octanol–water partition coefficient (Wildman–Crippen LogP) is -3.01. The van der Waals surface area contributed by atoms with E-state index in [1.54, 1.807) is 6.92 Å². The lowest BCUT2D eigenvalue weighted by Gasteiger charge is -2.16. The van der Waals surface area contributed by atoms with Crippen LogP contribution in [0.2, 0.25) is 0 Å². The van der Waals surface area contributed by atoms with Crippen LogP contribution in [0, 0.1) is 0 Å². The topological polar surface area (TPSA) is 133 Å². The number of hydrogen-bond acceptors (Lipinski definition) is 6. The van der Waals surface area contributed by atoms with E-state index in [-0.39, 0.29) is 26.4 Å². The molecule has 0 amide bonds. The van der Waals surface area contributed by atoms with Gasteiger partial charge in [-0.1, -0.05) is 0 Å². The Kier molecular flexibility index (Phi) is 9.80. The molecule has 0 spiro atoms. The van der Waals surface area contributed by atoms with Crippen LogP contribution in [0.15, 0.2) is 0 Å². The summed E-state index contributed by atoms with van der Waals surface area (Å²) in [4.78, 5) is 0. The van der Waals surface area contributed by atoms with Gasteiger partial charge in [-0.05, 0) is 6.92 Å². The fourth-order valence-electron chi connectivity index (χ4n) is 0.108. The zero-order chi connectivity index (χ0) is 10.9. The van der Waals surface area contributed by atoms with Gasteiger partial charge in [-0.2, -0.15) is 0 Å². The smallest absolute Gasteiger partial charge is 0.0631 e. The van der Waals surface area contributed by atoms with Gasteiger partial charge in [0.15, 0.2) is 0 Å². The molecule has 82 valence electrons. The quantitative estimate of drug-likeness (QED) is 0.283. The van der Waals surface area contributed by atoms with Crippen LogP contribution in [-0.4, -0.2) is 58.4 Å². The van der Waals surface area contributed by atoms with Crippen LogP contribution in [-0.2, 0) is 0 Å². The van der Waals surface area contributed by atoms with Crippen LogP contribution < -0.4 is 11.5 Å². The Hall–Kier alpha value is -0.240. The highest BCUT2D eigenvalue weighted by Crippen LogP contribution is 1.91. The highest BCUT2D eigenvalue weighted by atomic mass is 16.3. The second-order valence-electron chi connectivity index (χ2n) is 3.10. The first-order chi connectivity index (χ1) is 5.93. The minimum atomic E-state index is -0.806. The molecule has 0 rings (SSSR count). The van der Waals surface area contributed by atoms with E-state index >= 15 is 0 Å². The summed E-state index contributed by atoms with van der Waals surface area (Å²) in [6.07, 6.45) is 0. The lowest BCUT2D eigenvalue weighted by Crippen LogP contribution is -2.43. The SMILES string of the molecule is CC(N)(CO)CO.NC(CO)CO. The molecule has 0 aromatic heterocycles. The molecule has 0 fully saturated rings. The summed E-state index contributed by atoms with van der Waals surface area (Å²) < 4.78 is 0. The van der Waals surface area contributed by atoms with Gasteiger partial charge in [0.25, 0.3) is 0 Å². The van der Waals surface area contributed by atoms with Crippen molar-refractivity contribution in [3.05, 3.63) is 0 Å².